The summed E-state index contributed by atoms with van der Waals surface area (Å²) in [5, 5.41) is 3.23. The second-order valence-corrected chi connectivity index (χ2v) is 4.19. The Bertz CT molecular complexity index is 649. The van der Waals surface area contributed by atoms with E-state index in [1.54, 1.807) is 31.2 Å². The third kappa shape index (κ3) is 2.43. The minimum Gasteiger partial charge on any atom is -0.328 e. The van der Waals surface area contributed by atoms with Crippen LogP contribution < -0.4 is 10.9 Å². The molecule has 0 saturated heterocycles. The number of hydrogen-bond acceptors (Lipinski definition) is 2. The van der Waals surface area contributed by atoms with Crippen molar-refractivity contribution in [2.75, 3.05) is 5.32 Å². The van der Waals surface area contributed by atoms with Crippen molar-refractivity contribution in [3.63, 3.8) is 0 Å². The van der Waals surface area contributed by atoms with Gasteiger partial charge in [0.05, 0.1) is 0 Å². The van der Waals surface area contributed by atoms with E-state index < -0.39 is 11.5 Å². The molecule has 4 nitrogen and oxygen atoms in total. The molecular weight excluding hydrogens is 252 g/mol. The molecule has 1 aromatic carbocycles. The Kier molecular flexibility index (Phi) is 3.48. The molecule has 1 aromatic heterocycles. The third-order valence-corrected chi connectivity index (χ3v) is 2.99. The van der Waals surface area contributed by atoms with E-state index in [-0.39, 0.29) is 5.56 Å². The minimum atomic E-state index is -0.456. The molecule has 92 valence electrons. The monoisotopic (exact) mass is 262 g/mol. The molecule has 0 atom stereocenters. The van der Waals surface area contributed by atoms with Crippen LogP contribution in [-0.2, 0) is 0 Å². The lowest BCUT2D eigenvalue weighted by Crippen LogP contribution is -2.22. The number of amides is 1. The van der Waals surface area contributed by atoms with Gasteiger partial charge in [-0.1, -0.05) is 17.7 Å². The SMILES string of the molecule is Cc1c(Cl)cccc1NC(=O)c1ccc[nH]c1=O. The number of halogens is 1. The van der Waals surface area contributed by atoms with E-state index in [1.165, 1.54) is 12.3 Å². The summed E-state index contributed by atoms with van der Waals surface area (Å²) in [7, 11) is 0. The molecule has 0 aliphatic carbocycles. The highest BCUT2D eigenvalue weighted by atomic mass is 35.5. The van der Waals surface area contributed by atoms with Gasteiger partial charge >= 0.3 is 0 Å². The fraction of sp³-hybridized carbons (Fsp3) is 0.0769. The van der Waals surface area contributed by atoms with E-state index >= 15 is 0 Å². The number of rotatable bonds is 2. The lowest BCUT2D eigenvalue weighted by molar-refractivity contribution is 0.102. The van der Waals surface area contributed by atoms with Gasteiger partial charge in [-0.3, -0.25) is 9.59 Å². The standard InChI is InChI=1S/C13H11ClN2O2/c1-8-10(14)5-2-6-11(8)16-13(18)9-4-3-7-15-12(9)17/h2-7H,1H3,(H,15,17)(H,16,18). The molecule has 0 radical (unpaired) electrons. The van der Waals surface area contributed by atoms with Crippen LogP contribution in [0, 0.1) is 6.92 Å². The summed E-state index contributed by atoms with van der Waals surface area (Å²) in [6.45, 7) is 1.80. The molecule has 0 bridgehead atoms. The van der Waals surface area contributed by atoms with Gasteiger partial charge in [-0.05, 0) is 36.8 Å². The van der Waals surface area contributed by atoms with Crippen LogP contribution in [0.1, 0.15) is 15.9 Å². The number of nitrogens with one attached hydrogen (secondary N) is 2. The minimum absolute atomic E-state index is 0.0666. The summed E-state index contributed by atoms with van der Waals surface area (Å²) < 4.78 is 0. The number of carbonyl (C=O) groups excluding carboxylic acids is 1. The highest BCUT2D eigenvalue weighted by Gasteiger charge is 2.11. The molecule has 0 aliphatic rings. The van der Waals surface area contributed by atoms with Crippen molar-refractivity contribution < 1.29 is 4.79 Å². The maximum Gasteiger partial charge on any atom is 0.261 e. The highest BCUT2D eigenvalue weighted by molar-refractivity contribution is 6.31. The maximum absolute atomic E-state index is 11.9. The Hall–Kier alpha value is -2.07. The molecule has 1 amide bonds. The fourth-order valence-electron chi connectivity index (χ4n) is 1.53. The second-order valence-electron chi connectivity index (χ2n) is 3.78. The first-order chi connectivity index (χ1) is 8.59. The molecule has 18 heavy (non-hydrogen) atoms. The second kappa shape index (κ2) is 5.06. The van der Waals surface area contributed by atoms with Crippen molar-refractivity contribution in [1.82, 2.24) is 4.98 Å². The molecule has 0 fully saturated rings. The quantitative estimate of drug-likeness (QED) is 0.874. The van der Waals surface area contributed by atoms with Gasteiger partial charge in [0, 0.05) is 16.9 Å². The van der Waals surface area contributed by atoms with Crippen LogP contribution in [0.25, 0.3) is 0 Å². The normalized spacial score (nSPS) is 10.1. The summed E-state index contributed by atoms with van der Waals surface area (Å²) in [5.74, 6) is -0.456. The Balaban J connectivity index is 2.30. The van der Waals surface area contributed by atoms with Gasteiger partial charge in [0.15, 0.2) is 0 Å². The Morgan fingerprint density at radius 2 is 2.06 bits per heavy atom. The molecule has 5 heteroatoms. The van der Waals surface area contributed by atoms with Crippen molar-refractivity contribution in [1.29, 1.82) is 0 Å². The largest absolute Gasteiger partial charge is 0.328 e. The Morgan fingerprint density at radius 3 is 2.78 bits per heavy atom. The van der Waals surface area contributed by atoms with Gasteiger partial charge in [0.2, 0.25) is 0 Å². The third-order valence-electron chi connectivity index (χ3n) is 2.58. The lowest BCUT2D eigenvalue weighted by Gasteiger charge is -2.08. The zero-order valence-electron chi connectivity index (χ0n) is 9.66. The van der Waals surface area contributed by atoms with E-state index in [9.17, 15) is 9.59 Å². The molecule has 0 aliphatic heterocycles. The number of anilines is 1. The van der Waals surface area contributed by atoms with Crippen molar-refractivity contribution in [2.24, 2.45) is 0 Å². The van der Waals surface area contributed by atoms with E-state index in [2.05, 4.69) is 10.3 Å². The smallest absolute Gasteiger partial charge is 0.261 e. The van der Waals surface area contributed by atoms with Crippen molar-refractivity contribution in [2.45, 2.75) is 6.92 Å². The summed E-state index contributed by atoms with van der Waals surface area (Å²) in [4.78, 5) is 25.8. The number of H-pyrrole nitrogens is 1. The zero-order valence-corrected chi connectivity index (χ0v) is 10.4. The van der Waals surface area contributed by atoms with Crippen LogP contribution in [0.5, 0.6) is 0 Å². The molecule has 0 spiro atoms. The summed E-state index contributed by atoms with van der Waals surface area (Å²) in [6.07, 6.45) is 1.48. The zero-order chi connectivity index (χ0) is 13.1. The molecule has 2 rings (SSSR count). The van der Waals surface area contributed by atoms with Gasteiger partial charge in [0.25, 0.3) is 11.5 Å². The van der Waals surface area contributed by atoms with Crippen LogP contribution in [0.3, 0.4) is 0 Å². The van der Waals surface area contributed by atoms with Gasteiger partial charge < -0.3 is 10.3 Å². The number of benzene rings is 1. The molecule has 2 aromatic rings. The van der Waals surface area contributed by atoms with E-state index in [4.69, 9.17) is 11.6 Å². The van der Waals surface area contributed by atoms with E-state index in [0.29, 0.717) is 10.7 Å². The molecule has 0 saturated carbocycles. The summed E-state index contributed by atoms with van der Waals surface area (Å²) >= 11 is 5.96. The molecule has 2 N–H and O–H groups in total. The number of hydrogen-bond donors (Lipinski definition) is 2. The predicted octanol–water partition coefficient (Wildman–Crippen LogP) is 2.59. The van der Waals surface area contributed by atoms with Gasteiger partial charge in [0.1, 0.15) is 5.56 Å². The highest BCUT2D eigenvalue weighted by Crippen LogP contribution is 2.23. The Labute approximate surface area is 109 Å². The lowest BCUT2D eigenvalue weighted by atomic mass is 10.2. The number of pyridine rings is 1. The fourth-order valence-corrected chi connectivity index (χ4v) is 1.71. The number of aromatic nitrogens is 1. The topological polar surface area (TPSA) is 62.0 Å². The number of aromatic amines is 1. The number of carbonyl (C=O) groups is 1. The van der Waals surface area contributed by atoms with Gasteiger partial charge in [-0.25, -0.2) is 0 Å². The predicted molar refractivity (Wildman–Crippen MR) is 71.2 cm³/mol. The van der Waals surface area contributed by atoms with Crippen LogP contribution in [0.2, 0.25) is 5.02 Å². The average Bonchev–Trinajstić information content (AvgIpc) is 2.35. The first-order valence-electron chi connectivity index (χ1n) is 5.34. The van der Waals surface area contributed by atoms with Crippen LogP contribution in [0.4, 0.5) is 5.69 Å². The Morgan fingerprint density at radius 1 is 1.28 bits per heavy atom. The van der Waals surface area contributed by atoms with E-state index in [1.807, 2.05) is 0 Å². The first-order valence-corrected chi connectivity index (χ1v) is 5.71. The van der Waals surface area contributed by atoms with Crippen molar-refractivity contribution in [3.05, 3.63) is 63.0 Å². The molecular formula is C13H11ClN2O2. The summed E-state index contributed by atoms with van der Waals surface area (Å²) in [5.41, 5.74) is 1.00. The average molecular weight is 263 g/mol. The van der Waals surface area contributed by atoms with Crippen LogP contribution >= 0.6 is 11.6 Å². The van der Waals surface area contributed by atoms with E-state index in [0.717, 1.165) is 5.56 Å². The first kappa shape index (κ1) is 12.4. The van der Waals surface area contributed by atoms with Gasteiger partial charge in [-0.15, -0.1) is 0 Å². The van der Waals surface area contributed by atoms with Crippen molar-refractivity contribution >= 4 is 23.2 Å². The molecule has 1 heterocycles. The summed E-state index contributed by atoms with van der Waals surface area (Å²) in [6, 6.07) is 8.27. The van der Waals surface area contributed by atoms with Crippen LogP contribution in [0.15, 0.2) is 41.3 Å². The molecule has 0 unspecified atom stereocenters. The van der Waals surface area contributed by atoms with Crippen LogP contribution in [-0.4, -0.2) is 10.9 Å². The van der Waals surface area contributed by atoms with Gasteiger partial charge in [-0.2, -0.15) is 0 Å². The maximum atomic E-state index is 11.9. The van der Waals surface area contributed by atoms with Crippen molar-refractivity contribution in [3.8, 4) is 0 Å².